The number of amides is 1. The van der Waals surface area contributed by atoms with E-state index in [1.165, 1.54) is 4.68 Å². The predicted molar refractivity (Wildman–Crippen MR) is 126 cm³/mol. The lowest BCUT2D eigenvalue weighted by Crippen LogP contribution is -2.31. The highest BCUT2D eigenvalue weighted by molar-refractivity contribution is 5.91. The fraction of sp³-hybridized carbons (Fsp3) is 0.280. The Morgan fingerprint density at radius 2 is 1.94 bits per heavy atom. The third-order valence-corrected chi connectivity index (χ3v) is 6.20. The number of aromatic nitrogens is 4. The van der Waals surface area contributed by atoms with Gasteiger partial charge in [0.25, 0.3) is 5.56 Å². The van der Waals surface area contributed by atoms with Gasteiger partial charge in [0.15, 0.2) is 11.5 Å². The minimum Gasteiger partial charge on any atom is -0.454 e. The second-order valence-corrected chi connectivity index (χ2v) is 8.85. The lowest BCUT2D eigenvalue weighted by molar-refractivity contribution is -0.117. The Balaban J connectivity index is 1.38. The zero-order valence-corrected chi connectivity index (χ0v) is 18.9. The van der Waals surface area contributed by atoms with Gasteiger partial charge in [-0.1, -0.05) is 17.7 Å². The van der Waals surface area contributed by atoms with E-state index < -0.39 is 0 Å². The molecular weight excluding hydrogens is 434 g/mol. The number of fused-ring (bicyclic) bond motifs is 2. The number of carbonyl (C=O) groups excluding carboxylic acids is 1. The van der Waals surface area contributed by atoms with E-state index >= 15 is 0 Å². The van der Waals surface area contributed by atoms with Crippen LogP contribution >= 0.6 is 0 Å². The van der Waals surface area contributed by atoms with Crippen molar-refractivity contribution in [1.82, 2.24) is 19.6 Å². The molecule has 9 heteroatoms. The average molecular weight is 457 g/mol. The highest BCUT2D eigenvalue weighted by atomic mass is 16.7. The summed E-state index contributed by atoms with van der Waals surface area (Å²) in [6.07, 6.45) is 3.74. The molecule has 1 aliphatic carbocycles. The maximum absolute atomic E-state index is 13.5. The molecule has 3 heterocycles. The van der Waals surface area contributed by atoms with Gasteiger partial charge in [0.1, 0.15) is 12.1 Å². The van der Waals surface area contributed by atoms with Crippen LogP contribution < -0.4 is 20.3 Å². The summed E-state index contributed by atoms with van der Waals surface area (Å²) in [5.74, 6) is 1.13. The van der Waals surface area contributed by atoms with Crippen molar-refractivity contribution in [2.75, 3.05) is 12.1 Å². The average Bonchev–Trinajstić information content (AvgIpc) is 3.38. The van der Waals surface area contributed by atoms with Gasteiger partial charge in [0, 0.05) is 23.1 Å². The standard InChI is InChI=1S/C25H23N5O4/c1-14-3-7-19(15(2)9-14)30-24-18(11-26-30)23(16-4-5-16)28-29(25(24)32)12-22(31)27-17-6-8-20-21(10-17)34-13-33-20/h3,6-11,16H,4-5,12-13H2,1-2H3,(H,27,31). The van der Waals surface area contributed by atoms with Gasteiger partial charge in [-0.3, -0.25) is 9.59 Å². The number of nitrogens with zero attached hydrogens (tertiary/aromatic N) is 4. The van der Waals surface area contributed by atoms with Crippen LogP contribution in [0.3, 0.4) is 0 Å². The van der Waals surface area contributed by atoms with Crippen molar-refractivity contribution in [2.45, 2.75) is 39.2 Å². The molecule has 1 fully saturated rings. The Labute approximate surface area is 194 Å². The third kappa shape index (κ3) is 3.49. The van der Waals surface area contributed by atoms with Crippen molar-refractivity contribution >= 4 is 22.5 Å². The van der Waals surface area contributed by atoms with Gasteiger partial charge in [-0.2, -0.15) is 10.2 Å². The van der Waals surface area contributed by atoms with E-state index in [2.05, 4.69) is 21.6 Å². The molecule has 34 heavy (non-hydrogen) atoms. The van der Waals surface area contributed by atoms with E-state index in [9.17, 15) is 9.59 Å². The van der Waals surface area contributed by atoms with Gasteiger partial charge < -0.3 is 14.8 Å². The fourth-order valence-electron chi connectivity index (χ4n) is 4.40. The van der Waals surface area contributed by atoms with Crippen LogP contribution in [0, 0.1) is 13.8 Å². The predicted octanol–water partition coefficient (Wildman–Crippen LogP) is 3.44. The number of ether oxygens (including phenoxy) is 2. The normalized spacial score (nSPS) is 14.5. The molecule has 1 saturated carbocycles. The van der Waals surface area contributed by atoms with Crippen LogP contribution in [0.4, 0.5) is 5.69 Å². The molecule has 0 bridgehead atoms. The van der Waals surface area contributed by atoms with Gasteiger partial charge >= 0.3 is 0 Å². The number of aryl methyl sites for hydroxylation is 2. The van der Waals surface area contributed by atoms with Crippen LogP contribution in [0.5, 0.6) is 11.5 Å². The number of hydrogen-bond acceptors (Lipinski definition) is 6. The Morgan fingerprint density at radius 1 is 1.12 bits per heavy atom. The molecule has 1 aliphatic heterocycles. The van der Waals surface area contributed by atoms with Crippen molar-refractivity contribution in [3.63, 3.8) is 0 Å². The minimum absolute atomic E-state index is 0.157. The molecule has 2 aliphatic rings. The molecule has 9 nitrogen and oxygen atoms in total. The van der Waals surface area contributed by atoms with E-state index in [0.29, 0.717) is 22.7 Å². The first-order chi connectivity index (χ1) is 16.5. The van der Waals surface area contributed by atoms with Crippen LogP contribution in [0.2, 0.25) is 0 Å². The molecule has 2 aromatic heterocycles. The molecule has 2 aromatic carbocycles. The summed E-state index contributed by atoms with van der Waals surface area (Å²) in [4.78, 5) is 26.4. The Hall–Kier alpha value is -4.14. The fourth-order valence-corrected chi connectivity index (χ4v) is 4.40. The van der Waals surface area contributed by atoms with Crippen molar-refractivity contribution in [3.8, 4) is 17.2 Å². The second-order valence-electron chi connectivity index (χ2n) is 8.85. The maximum atomic E-state index is 13.5. The lowest BCUT2D eigenvalue weighted by atomic mass is 10.1. The number of anilines is 1. The van der Waals surface area contributed by atoms with Crippen LogP contribution in [0.1, 0.15) is 35.6 Å². The van der Waals surface area contributed by atoms with Gasteiger partial charge in [-0.25, -0.2) is 9.36 Å². The first-order valence-electron chi connectivity index (χ1n) is 11.2. The van der Waals surface area contributed by atoms with E-state index in [-0.39, 0.29) is 30.7 Å². The van der Waals surface area contributed by atoms with Crippen LogP contribution in [0.25, 0.3) is 16.6 Å². The molecule has 4 aromatic rings. The summed E-state index contributed by atoms with van der Waals surface area (Å²) in [6, 6.07) is 11.2. The van der Waals surface area contributed by atoms with E-state index in [1.807, 2.05) is 26.0 Å². The van der Waals surface area contributed by atoms with Crippen molar-refractivity contribution in [2.24, 2.45) is 0 Å². The van der Waals surface area contributed by atoms with Crippen molar-refractivity contribution in [1.29, 1.82) is 0 Å². The van der Waals surface area contributed by atoms with Gasteiger partial charge in [0.2, 0.25) is 12.7 Å². The van der Waals surface area contributed by atoms with Gasteiger partial charge in [-0.15, -0.1) is 0 Å². The molecule has 0 spiro atoms. The SMILES string of the molecule is Cc1ccc(-n2ncc3c(C4CC4)nn(CC(=O)Nc4ccc5c(c4)OCO5)c(=O)c32)c(C)c1. The first-order valence-corrected chi connectivity index (χ1v) is 11.2. The Bertz CT molecular complexity index is 1520. The van der Waals surface area contributed by atoms with E-state index in [0.717, 1.165) is 40.7 Å². The zero-order valence-electron chi connectivity index (χ0n) is 18.9. The number of hydrogen-bond donors (Lipinski definition) is 1. The summed E-state index contributed by atoms with van der Waals surface area (Å²) in [5.41, 5.74) is 4.46. The largest absolute Gasteiger partial charge is 0.454 e. The summed E-state index contributed by atoms with van der Waals surface area (Å²) in [6.45, 7) is 3.97. The van der Waals surface area contributed by atoms with E-state index in [1.54, 1.807) is 29.1 Å². The molecule has 1 amide bonds. The molecule has 172 valence electrons. The maximum Gasteiger partial charge on any atom is 0.293 e. The van der Waals surface area contributed by atoms with Crippen LogP contribution in [-0.2, 0) is 11.3 Å². The molecule has 0 radical (unpaired) electrons. The van der Waals surface area contributed by atoms with Crippen molar-refractivity contribution < 1.29 is 14.3 Å². The zero-order chi connectivity index (χ0) is 23.4. The summed E-state index contributed by atoms with van der Waals surface area (Å²) in [5, 5.41) is 12.7. The van der Waals surface area contributed by atoms with Gasteiger partial charge in [0.05, 0.1) is 17.6 Å². The molecule has 6 rings (SSSR count). The van der Waals surface area contributed by atoms with E-state index in [4.69, 9.17) is 9.47 Å². The van der Waals surface area contributed by atoms with Gasteiger partial charge in [-0.05, 0) is 50.5 Å². The molecule has 0 saturated heterocycles. The lowest BCUT2D eigenvalue weighted by Gasteiger charge is -2.12. The smallest absolute Gasteiger partial charge is 0.293 e. The molecular formula is C25H23N5O4. The number of benzene rings is 2. The Kier molecular flexibility index (Phi) is 4.65. The number of rotatable bonds is 5. The Morgan fingerprint density at radius 3 is 2.74 bits per heavy atom. The topological polar surface area (TPSA) is 100 Å². The summed E-state index contributed by atoms with van der Waals surface area (Å²) in [7, 11) is 0. The first kappa shape index (κ1) is 20.5. The highest BCUT2D eigenvalue weighted by Crippen LogP contribution is 2.41. The number of nitrogens with one attached hydrogen (secondary N) is 1. The second kappa shape index (κ2) is 7.72. The van der Waals surface area contributed by atoms with Crippen LogP contribution in [-0.4, -0.2) is 32.3 Å². The highest BCUT2D eigenvalue weighted by Gasteiger charge is 2.30. The minimum atomic E-state index is -0.354. The quantitative estimate of drug-likeness (QED) is 0.493. The third-order valence-electron chi connectivity index (χ3n) is 6.20. The van der Waals surface area contributed by atoms with Crippen molar-refractivity contribution in [3.05, 3.63) is 69.8 Å². The monoisotopic (exact) mass is 457 g/mol. The summed E-state index contributed by atoms with van der Waals surface area (Å²) < 4.78 is 13.6. The molecule has 0 atom stereocenters. The van der Waals surface area contributed by atoms with Crippen LogP contribution in [0.15, 0.2) is 47.4 Å². The summed E-state index contributed by atoms with van der Waals surface area (Å²) >= 11 is 0. The molecule has 1 N–H and O–H groups in total. The number of carbonyl (C=O) groups is 1. The molecule has 0 unspecified atom stereocenters.